The van der Waals surface area contributed by atoms with Crippen LogP contribution < -0.4 is 0 Å². The highest BCUT2D eigenvalue weighted by Gasteiger charge is 2.50. The zero-order valence-corrected chi connectivity index (χ0v) is 17.1. The second-order valence-corrected chi connectivity index (χ2v) is 7.13. The van der Waals surface area contributed by atoms with Gasteiger partial charge in [0.05, 0.1) is 0 Å². The highest BCUT2D eigenvalue weighted by atomic mass is 35.5. The average Bonchev–Trinajstić information content (AvgIpc) is 3.15. The molecule has 1 saturated heterocycles. The van der Waals surface area contributed by atoms with E-state index in [9.17, 15) is 14.4 Å². The number of pyridine rings is 1. The van der Waals surface area contributed by atoms with E-state index in [2.05, 4.69) is 4.98 Å². The molecule has 3 rings (SSSR count). The highest BCUT2D eigenvalue weighted by Crippen LogP contribution is 2.37. The van der Waals surface area contributed by atoms with Gasteiger partial charge in [-0.05, 0) is 24.6 Å². The SMILES string of the molecule is CC(=O)OC[C@H]1O[C@@H](n2ccc3c(C)cc(Cl)nc32)[C@H](OC(C)=O)[C@@H]1OC(C)=O. The zero-order valence-electron chi connectivity index (χ0n) is 16.4. The van der Waals surface area contributed by atoms with Gasteiger partial charge in [-0.25, -0.2) is 4.98 Å². The van der Waals surface area contributed by atoms with Crippen LogP contribution in [0, 0.1) is 6.92 Å². The van der Waals surface area contributed by atoms with Crippen LogP contribution in [0.1, 0.15) is 32.6 Å². The van der Waals surface area contributed by atoms with E-state index in [-0.39, 0.29) is 6.61 Å². The van der Waals surface area contributed by atoms with Gasteiger partial charge in [-0.15, -0.1) is 0 Å². The Kier molecular flexibility index (Phi) is 6.09. The van der Waals surface area contributed by atoms with Crippen LogP contribution in [0.2, 0.25) is 5.15 Å². The Morgan fingerprint density at radius 1 is 1.14 bits per heavy atom. The minimum atomic E-state index is -0.978. The van der Waals surface area contributed by atoms with Crippen LogP contribution in [0.15, 0.2) is 18.3 Å². The summed E-state index contributed by atoms with van der Waals surface area (Å²) in [7, 11) is 0. The predicted molar refractivity (Wildman–Crippen MR) is 101 cm³/mol. The van der Waals surface area contributed by atoms with Crippen molar-refractivity contribution in [2.45, 2.75) is 52.2 Å². The standard InChI is InChI=1S/C19H21ClN2O7/c1-9-7-15(20)21-18-13(9)5-6-22(18)19-17(28-12(4)25)16(27-11(3)24)14(29-19)8-26-10(2)23/h5-7,14,16-17,19H,8H2,1-4H3/t14-,16-,17-,19-/m1/s1. The summed E-state index contributed by atoms with van der Waals surface area (Å²) < 4.78 is 23.5. The minimum absolute atomic E-state index is 0.173. The van der Waals surface area contributed by atoms with Gasteiger partial charge in [0.15, 0.2) is 18.4 Å². The molecule has 0 bridgehead atoms. The zero-order chi connectivity index (χ0) is 21.3. The lowest BCUT2D eigenvalue weighted by Crippen LogP contribution is -2.40. The first-order valence-corrected chi connectivity index (χ1v) is 9.32. The van der Waals surface area contributed by atoms with Gasteiger partial charge in [-0.1, -0.05) is 11.6 Å². The molecule has 0 saturated carbocycles. The topological polar surface area (TPSA) is 106 Å². The van der Waals surface area contributed by atoms with Crippen molar-refractivity contribution in [1.82, 2.24) is 9.55 Å². The third-order valence-corrected chi connectivity index (χ3v) is 4.67. The second-order valence-electron chi connectivity index (χ2n) is 6.74. The molecule has 29 heavy (non-hydrogen) atoms. The van der Waals surface area contributed by atoms with E-state index in [1.54, 1.807) is 16.8 Å². The van der Waals surface area contributed by atoms with Crippen LogP contribution in [0.3, 0.4) is 0 Å². The molecule has 156 valence electrons. The Hall–Kier alpha value is -2.65. The molecule has 3 heterocycles. The first-order chi connectivity index (χ1) is 13.7. The molecule has 0 N–H and O–H groups in total. The molecular formula is C19H21ClN2O7. The first kappa shape index (κ1) is 21.1. The van der Waals surface area contributed by atoms with Gasteiger partial charge < -0.3 is 23.5 Å². The molecule has 0 unspecified atom stereocenters. The normalized spacial score (nSPS) is 23.8. The number of aryl methyl sites for hydroxylation is 1. The molecule has 1 fully saturated rings. The van der Waals surface area contributed by atoms with Crippen molar-refractivity contribution in [3.05, 3.63) is 29.0 Å². The molecule has 1 aliphatic heterocycles. The molecule has 0 aromatic carbocycles. The molecule has 0 aliphatic carbocycles. The van der Waals surface area contributed by atoms with Crippen LogP contribution in [0.25, 0.3) is 11.0 Å². The third kappa shape index (κ3) is 4.51. The van der Waals surface area contributed by atoms with Crippen LogP contribution in [-0.4, -0.2) is 52.4 Å². The number of carbonyl (C=O) groups is 3. The smallest absolute Gasteiger partial charge is 0.303 e. The number of hydrogen-bond donors (Lipinski definition) is 0. The molecular weight excluding hydrogens is 404 g/mol. The van der Waals surface area contributed by atoms with Crippen LogP contribution in [-0.2, 0) is 33.3 Å². The van der Waals surface area contributed by atoms with Crippen molar-refractivity contribution < 1.29 is 33.3 Å². The number of carbonyl (C=O) groups excluding carboxylic acids is 3. The van der Waals surface area contributed by atoms with Crippen LogP contribution in [0.4, 0.5) is 0 Å². The average molecular weight is 425 g/mol. The van der Waals surface area contributed by atoms with Gasteiger partial charge in [0.1, 0.15) is 23.5 Å². The summed E-state index contributed by atoms with van der Waals surface area (Å²) in [5.41, 5.74) is 1.43. The molecule has 2 aromatic heterocycles. The van der Waals surface area contributed by atoms with Gasteiger partial charge in [-0.3, -0.25) is 14.4 Å². The number of halogens is 1. The number of ether oxygens (including phenoxy) is 4. The molecule has 2 aromatic rings. The van der Waals surface area contributed by atoms with E-state index in [1.807, 2.05) is 13.0 Å². The van der Waals surface area contributed by atoms with E-state index < -0.39 is 42.4 Å². The lowest BCUT2D eigenvalue weighted by atomic mass is 10.1. The summed E-state index contributed by atoms with van der Waals surface area (Å²) >= 11 is 6.11. The van der Waals surface area contributed by atoms with Crippen LogP contribution >= 0.6 is 11.6 Å². The Morgan fingerprint density at radius 2 is 1.79 bits per heavy atom. The van der Waals surface area contributed by atoms with E-state index in [1.165, 1.54) is 20.8 Å². The third-order valence-electron chi connectivity index (χ3n) is 4.48. The van der Waals surface area contributed by atoms with Crippen molar-refractivity contribution in [2.75, 3.05) is 6.61 Å². The fraction of sp³-hybridized carbons (Fsp3) is 0.474. The van der Waals surface area contributed by atoms with Gasteiger partial charge in [0.2, 0.25) is 0 Å². The van der Waals surface area contributed by atoms with E-state index in [0.717, 1.165) is 10.9 Å². The molecule has 0 radical (unpaired) electrons. The maximum atomic E-state index is 11.7. The summed E-state index contributed by atoms with van der Waals surface area (Å²) in [6, 6.07) is 3.57. The van der Waals surface area contributed by atoms with E-state index in [4.69, 9.17) is 30.5 Å². The number of aromatic nitrogens is 2. The number of hydrogen-bond acceptors (Lipinski definition) is 8. The number of fused-ring (bicyclic) bond motifs is 1. The molecule has 1 aliphatic rings. The Bertz CT molecular complexity index is 957. The van der Waals surface area contributed by atoms with Gasteiger partial charge >= 0.3 is 17.9 Å². The molecule has 10 heteroatoms. The van der Waals surface area contributed by atoms with Crippen molar-refractivity contribution in [2.24, 2.45) is 0 Å². The van der Waals surface area contributed by atoms with Crippen molar-refractivity contribution in [3.8, 4) is 0 Å². The predicted octanol–water partition coefficient (Wildman–Crippen LogP) is 2.32. The number of rotatable bonds is 5. The maximum Gasteiger partial charge on any atom is 0.303 e. The van der Waals surface area contributed by atoms with Crippen molar-refractivity contribution in [1.29, 1.82) is 0 Å². The molecule has 0 spiro atoms. The second kappa shape index (κ2) is 8.38. The fourth-order valence-electron chi connectivity index (χ4n) is 3.38. The summed E-state index contributed by atoms with van der Waals surface area (Å²) in [4.78, 5) is 39.0. The fourth-order valence-corrected chi connectivity index (χ4v) is 3.62. The Labute approximate surface area is 171 Å². The minimum Gasteiger partial charge on any atom is -0.463 e. The maximum absolute atomic E-state index is 11.7. The van der Waals surface area contributed by atoms with E-state index in [0.29, 0.717) is 10.8 Å². The summed E-state index contributed by atoms with van der Waals surface area (Å²) in [5, 5.41) is 1.14. The Morgan fingerprint density at radius 3 is 2.41 bits per heavy atom. The summed E-state index contributed by atoms with van der Waals surface area (Å²) in [6.07, 6.45) is -1.94. The number of nitrogens with zero attached hydrogens (tertiary/aromatic N) is 2. The lowest BCUT2D eigenvalue weighted by Gasteiger charge is -2.24. The van der Waals surface area contributed by atoms with Gasteiger partial charge in [-0.2, -0.15) is 0 Å². The Balaban J connectivity index is 2.04. The largest absolute Gasteiger partial charge is 0.463 e. The van der Waals surface area contributed by atoms with Crippen molar-refractivity contribution in [3.63, 3.8) is 0 Å². The first-order valence-electron chi connectivity index (χ1n) is 8.94. The monoisotopic (exact) mass is 424 g/mol. The quantitative estimate of drug-likeness (QED) is 0.409. The number of esters is 3. The molecule has 9 nitrogen and oxygen atoms in total. The molecule has 0 amide bonds. The highest BCUT2D eigenvalue weighted by molar-refractivity contribution is 6.29. The van der Waals surface area contributed by atoms with Gasteiger partial charge in [0, 0.05) is 32.4 Å². The van der Waals surface area contributed by atoms with Crippen molar-refractivity contribution >= 4 is 40.5 Å². The molecule has 4 atom stereocenters. The van der Waals surface area contributed by atoms with Gasteiger partial charge in [0.25, 0.3) is 0 Å². The van der Waals surface area contributed by atoms with Crippen LogP contribution in [0.5, 0.6) is 0 Å². The summed E-state index contributed by atoms with van der Waals surface area (Å²) in [6.45, 7) is 5.45. The summed E-state index contributed by atoms with van der Waals surface area (Å²) in [5.74, 6) is -1.68. The van der Waals surface area contributed by atoms with E-state index >= 15 is 0 Å². The lowest BCUT2D eigenvalue weighted by molar-refractivity contribution is -0.166.